The number of nitrogens with one attached hydrogen (secondary N) is 1. The number of primary amides is 1. The van der Waals surface area contributed by atoms with Crippen molar-refractivity contribution in [1.29, 1.82) is 0 Å². The van der Waals surface area contributed by atoms with Crippen LogP contribution in [0.4, 0.5) is 4.79 Å². The van der Waals surface area contributed by atoms with E-state index in [0.29, 0.717) is 25.3 Å². The number of amides is 2. The van der Waals surface area contributed by atoms with E-state index in [9.17, 15) is 9.59 Å². The van der Waals surface area contributed by atoms with Gasteiger partial charge in [0.1, 0.15) is 5.71 Å². The molecule has 0 radical (unpaired) electrons. The highest BCUT2D eigenvalue weighted by Gasteiger charge is 2.25. The van der Waals surface area contributed by atoms with Gasteiger partial charge in [-0.05, 0) is 17.2 Å². The monoisotopic (exact) mass is 314 g/mol. The van der Waals surface area contributed by atoms with Crippen molar-refractivity contribution in [3.8, 4) is 0 Å². The van der Waals surface area contributed by atoms with Crippen LogP contribution in [0, 0.1) is 0 Å². The van der Waals surface area contributed by atoms with Crippen LogP contribution in [0.2, 0.25) is 0 Å². The Kier molecular flexibility index (Phi) is 4.50. The number of hydrogen-bond donors (Lipinski definition) is 2. The molecule has 1 aromatic carbocycles. The van der Waals surface area contributed by atoms with Crippen LogP contribution in [-0.4, -0.2) is 55.3 Å². The second kappa shape index (κ2) is 6.72. The van der Waals surface area contributed by atoms with Gasteiger partial charge in [0, 0.05) is 25.2 Å². The van der Waals surface area contributed by atoms with Gasteiger partial charge in [-0.2, -0.15) is 5.10 Å². The van der Waals surface area contributed by atoms with Crippen molar-refractivity contribution >= 4 is 23.1 Å². The standard InChI is InChI=1S/C16H18N4O3/c17-16(22)19-18-14-9-11(10-20-5-7-23-8-6-20)12-3-1-2-4-13(12)15(14)21/h1-4,9H,5-8,10H2,(H3,17,19,22)/b18-14+. The van der Waals surface area contributed by atoms with E-state index in [1.807, 2.05) is 18.2 Å². The lowest BCUT2D eigenvalue weighted by atomic mass is 9.88. The molecule has 2 aliphatic rings. The van der Waals surface area contributed by atoms with Crippen LogP contribution in [0.25, 0.3) is 5.57 Å². The van der Waals surface area contributed by atoms with Crippen molar-refractivity contribution in [3.63, 3.8) is 0 Å². The number of urea groups is 1. The van der Waals surface area contributed by atoms with Gasteiger partial charge in [0.15, 0.2) is 0 Å². The zero-order valence-corrected chi connectivity index (χ0v) is 12.6. The minimum absolute atomic E-state index is 0.186. The van der Waals surface area contributed by atoms with Crippen molar-refractivity contribution in [3.05, 3.63) is 41.5 Å². The lowest BCUT2D eigenvalue weighted by Gasteiger charge is -2.29. The van der Waals surface area contributed by atoms with E-state index in [0.717, 1.165) is 24.2 Å². The number of carbonyl (C=O) groups excluding carboxylic acids is 2. The maximum atomic E-state index is 12.5. The largest absolute Gasteiger partial charge is 0.379 e. The Morgan fingerprint density at radius 2 is 1.96 bits per heavy atom. The molecule has 7 heteroatoms. The first-order valence-electron chi connectivity index (χ1n) is 7.43. The molecular formula is C16H18N4O3. The SMILES string of the molecule is NC(=O)N/N=C1\C=C(CN2CCOCC2)c2ccccc2C1=O. The number of fused-ring (bicyclic) bond motifs is 1. The Hall–Kier alpha value is -2.51. The molecule has 0 bridgehead atoms. The van der Waals surface area contributed by atoms with Gasteiger partial charge in [-0.25, -0.2) is 10.2 Å². The average molecular weight is 314 g/mol. The molecule has 23 heavy (non-hydrogen) atoms. The molecule has 0 spiro atoms. The molecule has 1 aliphatic carbocycles. The van der Waals surface area contributed by atoms with Crippen molar-refractivity contribution < 1.29 is 14.3 Å². The summed E-state index contributed by atoms with van der Waals surface area (Å²) < 4.78 is 5.36. The molecule has 120 valence electrons. The summed E-state index contributed by atoms with van der Waals surface area (Å²) in [6.07, 6.45) is 1.72. The van der Waals surface area contributed by atoms with Gasteiger partial charge in [0.2, 0.25) is 5.78 Å². The van der Waals surface area contributed by atoms with Gasteiger partial charge in [-0.3, -0.25) is 9.69 Å². The minimum atomic E-state index is -0.799. The molecule has 0 unspecified atom stereocenters. The number of nitrogens with two attached hydrogens (primary N) is 1. The predicted molar refractivity (Wildman–Crippen MR) is 86.2 cm³/mol. The van der Waals surface area contributed by atoms with E-state index >= 15 is 0 Å². The molecule has 0 aromatic heterocycles. The zero-order valence-electron chi connectivity index (χ0n) is 12.6. The number of ether oxygens (including phenoxy) is 1. The normalized spacial score (nSPS) is 20.1. The first kappa shape index (κ1) is 15.4. The molecule has 3 N–H and O–H groups in total. The third kappa shape index (κ3) is 3.46. The molecule has 0 saturated carbocycles. The zero-order chi connectivity index (χ0) is 16.2. The molecule has 7 nitrogen and oxygen atoms in total. The van der Waals surface area contributed by atoms with Gasteiger partial charge in [0.25, 0.3) is 0 Å². The highest BCUT2D eigenvalue weighted by atomic mass is 16.5. The van der Waals surface area contributed by atoms with E-state index in [4.69, 9.17) is 10.5 Å². The van der Waals surface area contributed by atoms with Gasteiger partial charge >= 0.3 is 6.03 Å². The fraction of sp³-hybridized carbons (Fsp3) is 0.312. The Morgan fingerprint density at radius 1 is 1.26 bits per heavy atom. The number of carbonyl (C=O) groups is 2. The van der Waals surface area contributed by atoms with E-state index < -0.39 is 6.03 Å². The van der Waals surface area contributed by atoms with E-state index in [2.05, 4.69) is 15.4 Å². The average Bonchev–Trinajstić information content (AvgIpc) is 2.57. The van der Waals surface area contributed by atoms with Crippen LogP contribution in [-0.2, 0) is 4.74 Å². The van der Waals surface area contributed by atoms with E-state index in [1.165, 1.54) is 0 Å². The molecule has 1 saturated heterocycles. The number of benzene rings is 1. The fourth-order valence-corrected chi connectivity index (χ4v) is 2.74. The van der Waals surface area contributed by atoms with Crippen LogP contribution in [0.3, 0.4) is 0 Å². The number of morpholine rings is 1. The number of ketones is 1. The summed E-state index contributed by atoms with van der Waals surface area (Å²) in [5, 5.41) is 3.83. The molecule has 3 rings (SSSR count). The summed E-state index contributed by atoms with van der Waals surface area (Å²) in [4.78, 5) is 25.6. The summed E-state index contributed by atoms with van der Waals surface area (Å²) in [5.41, 5.74) is 9.82. The molecule has 1 fully saturated rings. The number of hydrogen-bond acceptors (Lipinski definition) is 5. The minimum Gasteiger partial charge on any atom is -0.379 e. The number of Topliss-reactive ketones (excluding diaryl/α,β-unsaturated/α-hetero) is 1. The van der Waals surface area contributed by atoms with Crippen molar-refractivity contribution in [1.82, 2.24) is 10.3 Å². The summed E-state index contributed by atoms with van der Waals surface area (Å²) in [5.74, 6) is -0.222. The maximum Gasteiger partial charge on any atom is 0.332 e. The number of allylic oxidation sites excluding steroid dienone is 1. The van der Waals surface area contributed by atoms with Gasteiger partial charge < -0.3 is 10.5 Å². The third-order valence-electron chi connectivity index (χ3n) is 3.85. The van der Waals surface area contributed by atoms with E-state index in [1.54, 1.807) is 12.1 Å². The second-order valence-corrected chi connectivity index (χ2v) is 5.41. The van der Waals surface area contributed by atoms with E-state index in [-0.39, 0.29) is 11.5 Å². The Balaban J connectivity index is 1.92. The van der Waals surface area contributed by atoms with Crippen LogP contribution < -0.4 is 11.2 Å². The van der Waals surface area contributed by atoms with Gasteiger partial charge in [-0.15, -0.1) is 0 Å². The molecule has 0 atom stereocenters. The van der Waals surface area contributed by atoms with Crippen molar-refractivity contribution in [2.75, 3.05) is 32.8 Å². The number of nitrogens with zero attached hydrogens (tertiary/aromatic N) is 2. The van der Waals surface area contributed by atoms with Crippen molar-refractivity contribution in [2.24, 2.45) is 10.8 Å². The quantitative estimate of drug-likeness (QED) is 0.799. The van der Waals surface area contributed by atoms with Gasteiger partial charge in [0.05, 0.1) is 13.2 Å². The molecule has 1 aromatic rings. The lowest BCUT2D eigenvalue weighted by Crippen LogP contribution is -2.38. The summed E-state index contributed by atoms with van der Waals surface area (Å²) >= 11 is 0. The topological polar surface area (TPSA) is 97.0 Å². The second-order valence-electron chi connectivity index (χ2n) is 5.41. The van der Waals surface area contributed by atoms with Crippen molar-refractivity contribution in [2.45, 2.75) is 0 Å². The summed E-state index contributed by atoms with van der Waals surface area (Å²) in [7, 11) is 0. The number of hydrazone groups is 1. The fourth-order valence-electron chi connectivity index (χ4n) is 2.74. The Labute approximate surface area is 133 Å². The Morgan fingerprint density at radius 3 is 2.65 bits per heavy atom. The summed E-state index contributed by atoms with van der Waals surface area (Å²) in [6, 6.07) is 6.62. The van der Waals surface area contributed by atoms with Gasteiger partial charge in [-0.1, -0.05) is 24.3 Å². The van der Waals surface area contributed by atoms with Crippen LogP contribution in [0.5, 0.6) is 0 Å². The first-order chi connectivity index (χ1) is 11.1. The first-order valence-corrected chi connectivity index (χ1v) is 7.43. The van der Waals surface area contributed by atoms with Crippen LogP contribution >= 0.6 is 0 Å². The molecular weight excluding hydrogens is 296 g/mol. The number of rotatable bonds is 3. The molecule has 2 amide bonds. The lowest BCUT2D eigenvalue weighted by molar-refractivity contribution is 0.0444. The maximum absolute atomic E-state index is 12.5. The Bertz CT molecular complexity index is 690. The highest BCUT2D eigenvalue weighted by molar-refractivity contribution is 6.52. The predicted octanol–water partition coefficient (Wildman–Crippen LogP) is 0.623. The van der Waals surface area contributed by atoms with Crippen LogP contribution in [0.15, 0.2) is 35.4 Å². The van der Waals surface area contributed by atoms with Crippen LogP contribution in [0.1, 0.15) is 15.9 Å². The third-order valence-corrected chi connectivity index (χ3v) is 3.85. The summed E-state index contributed by atoms with van der Waals surface area (Å²) in [6.45, 7) is 3.80. The molecule has 1 heterocycles. The highest BCUT2D eigenvalue weighted by Crippen LogP contribution is 2.26. The smallest absolute Gasteiger partial charge is 0.332 e. The molecule has 1 aliphatic heterocycles.